The molecule has 0 spiro atoms. The third kappa shape index (κ3) is 4.70. The number of carbonyl (C=O) groups excluding carboxylic acids is 1. The number of piperidine rings is 1. The molecular weight excluding hydrogens is 306 g/mol. The van der Waals surface area contributed by atoms with Crippen molar-refractivity contribution in [1.82, 2.24) is 20.4 Å². The molecule has 0 aromatic carbocycles. The topological polar surface area (TPSA) is 91.2 Å². The number of anilines is 1. The van der Waals surface area contributed by atoms with E-state index in [1.54, 1.807) is 6.20 Å². The van der Waals surface area contributed by atoms with Crippen LogP contribution in [-0.2, 0) is 6.54 Å². The maximum atomic E-state index is 12.1. The summed E-state index contributed by atoms with van der Waals surface area (Å²) in [5.41, 5.74) is -0.849. The van der Waals surface area contributed by atoms with Gasteiger partial charge in [-0.2, -0.15) is 5.10 Å². The van der Waals surface area contributed by atoms with Crippen LogP contribution in [-0.4, -0.2) is 46.2 Å². The predicted molar refractivity (Wildman–Crippen MR) is 92.9 cm³/mol. The van der Waals surface area contributed by atoms with E-state index in [2.05, 4.69) is 21.0 Å². The number of hydrogen-bond acceptors (Lipinski definition) is 4. The predicted octanol–water partition coefficient (Wildman–Crippen LogP) is 1.70. The lowest BCUT2D eigenvalue weighted by atomic mass is 9.89. The van der Waals surface area contributed by atoms with E-state index in [1.165, 1.54) is 32.1 Å². The van der Waals surface area contributed by atoms with Gasteiger partial charge in [-0.1, -0.05) is 19.3 Å². The van der Waals surface area contributed by atoms with E-state index >= 15 is 0 Å². The maximum Gasteiger partial charge on any atom is 0.320 e. The van der Waals surface area contributed by atoms with Crippen LogP contribution in [0.2, 0.25) is 0 Å². The van der Waals surface area contributed by atoms with Crippen molar-refractivity contribution in [3.63, 3.8) is 0 Å². The first-order valence-electron chi connectivity index (χ1n) is 9.14. The first kappa shape index (κ1) is 17.2. The molecule has 1 aromatic rings. The second-order valence-electron chi connectivity index (χ2n) is 7.21. The monoisotopic (exact) mass is 335 g/mol. The zero-order chi connectivity index (χ0) is 16.8. The molecule has 0 radical (unpaired) electrons. The Hall–Kier alpha value is -1.60. The van der Waals surface area contributed by atoms with Crippen molar-refractivity contribution < 1.29 is 9.90 Å². The molecule has 1 atom stereocenters. The summed E-state index contributed by atoms with van der Waals surface area (Å²) in [6.07, 6.45) is 9.76. The first-order valence-corrected chi connectivity index (χ1v) is 9.14. The fraction of sp³-hybridized carbons (Fsp3) is 0.765. The van der Waals surface area contributed by atoms with Gasteiger partial charge in [0.15, 0.2) is 0 Å². The molecule has 1 saturated heterocycles. The summed E-state index contributed by atoms with van der Waals surface area (Å²) in [6, 6.07) is 1.53. The van der Waals surface area contributed by atoms with Gasteiger partial charge >= 0.3 is 6.03 Å². The zero-order valence-corrected chi connectivity index (χ0v) is 14.3. The molecule has 0 unspecified atom stereocenters. The molecule has 2 fully saturated rings. The molecular formula is C17H29N5O2. The van der Waals surface area contributed by atoms with Gasteiger partial charge in [0.1, 0.15) is 5.82 Å². The van der Waals surface area contributed by atoms with E-state index < -0.39 is 5.60 Å². The highest BCUT2D eigenvalue weighted by atomic mass is 16.3. The van der Waals surface area contributed by atoms with Crippen molar-refractivity contribution in [2.45, 2.75) is 57.1 Å². The quantitative estimate of drug-likeness (QED) is 0.659. The number of amides is 2. The van der Waals surface area contributed by atoms with Crippen LogP contribution in [0, 0.1) is 5.92 Å². The third-order valence-electron chi connectivity index (χ3n) is 5.14. The van der Waals surface area contributed by atoms with Crippen molar-refractivity contribution in [1.29, 1.82) is 0 Å². The van der Waals surface area contributed by atoms with Crippen molar-refractivity contribution in [3.05, 3.63) is 12.3 Å². The molecule has 4 N–H and O–H groups in total. The number of hydrogen-bond donors (Lipinski definition) is 4. The second kappa shape index (κ2) is 7.98. The van der Waals surface area contributed by atoms with Gasteiger partial charge in [-0.15, -0.1) is 0 Å². The Morgan fingerprint density at radius 2 is 2.21 bits per heavy atom. The summed E-state index contributed by atoms with van der Waals surface area (Å²) in [7, 11) is 0. The molecule has 7 nitrogen and oxygen atoms in total. The molecule has 2 amide bonds. The fourth-order valence-corrected chi connectivity index (χ4v) is 3.71. The van der Waals surface area contributed by atoms with Crippen LogP contribution < -0.4 is 16.0 Å². The number of aromatic nitrogens is 2. The van der Waals surface area contributed by atoms with Gasteiger partial charge in [0.25, 0.3) is 0 Å². The Kier molecular flexibility index (Phi) is 5.73. The van der Waals surface area contributed by atoms with Crippen molar-refractivity contribution in [2.24, 2.45) is 5.92 Å². The van der Waals surface area contributed by atoms with Crippen LogP contribution in [0.3, 0.4) is 0 Å². The average Bonchev–Trinajstić information content (AvgIpc) is 3.02. The number of urea groups is 1. The Morgan fingerprint density at radius 1 is 1.38 bits per heavy atom. The molecule has 0 bridgehead atoms. The van der Waals surface area contributed by atoms with E-state index in [0.29, 0.717) is 24.7 Å². The van der Waals surface area contributed by atoms with E-state index in [-0.39, 0.29) is 12.6 Å². The van der Waals surface area contributed by atoms with Gasteiger partial charge < -0.3 is 15.7 Å². The van der Waals surface area contributed by atoms with Crippen LogP contribution in [0.4, 0.5) is 10.6 Å². The van der Waals surface area contributed by atoms with E-state index in [1.807, 2.05) is 10.7 Å². The minimum atomic E-state index is -0.849. The normalized spacial score (nSPS) is 25.4. The first-order chi connectivity index (χ1) is 11.6. The van der Waals surface area contributed by atoms with Crippen LogP contribution in [0.25, 0.3) is 0 Å². The lowest BCUT2D eigenvalue weighted by Crippen LogP contribution is -2.53. The number of rotatable bonds is 5. The zero-order valence-electron chi connectivity index (χ0n) is 14.3. The summed E-state index contributed by atoms with van der Waals surface area (Å²) in [5, 5.41) is 23.5. The summed E-state index contributed by atoms with van der Waals surface area (Å²) >= 11 is 0. The van der Waals surface area contributed by atoms with E-state index in [4.69, 9.17) is 0 Å². The average molecular weight is 335 g/mol. The number of β-amino-alcohol motifs (C(OH)–C–C–N with tert-alkyl or cyclic N) is 1. The Balaban J connectivity index is 1.48. The molecule has 1 aliphatic heterocycles. The van der Waals surface area contributed by atoms with Gasteiger partial charge in [0.05, 0.1) is 11.8 Å². The molecule has 134 valence electrons. The number of carbonyl (C=O) groups is 1. The van der Waals surface area contributed by atoms with Crippen LogP contribution in [0.15, 0.2) is 12.3 Å². The highest BCUT2D eigenvalue weighted by Crippen LogP contribution is 2.25. The minimum absolute atomic E-state index is 0.253. The van der Waals surface area contributed by atoms with E-state index in [9.17, 15) is 9.90 Å². The molecule has 1 saturated carbocycles. The van der Waals surface area contributed by atoms with Gasteiger partial charge in [-0.05, 0) is 38.1 Å². The molecule has 2 aliphatic rings. The van der Waals surface area contributed by atoms with Crippen molar-refractivity contribution in [2.75, 3.05) is 25.0 Å². The molecule has 24 heavy (non-hydrogen) atoms. The molecule has 7 heteroatoms. The Labute approximate surface area is 143 Å². The summed E-state index contributed by atoms with van der Waals surface area (Å²) in [5.74, 6) is 1.36. The highest BCUT2D eigenvalue weighted by Gasteiger charge is 2.29. The minimum Gasteiger partial charge on any atom is -0.387 e. The molecule has 2 heterocycles. The van der Waals surface area contributed by atoms with Gasteiger partial charge in [0, 0.05) is 25.7 Å². The fourth-order valence-electron chi connectivity index (χ4n) is 3.71. The van der Waals surface area contributed by atoms with Crippen LogP contribution in [0.5, 0.6) is 0 Å². The third-order valence-corrected chi connectivity index (χ3v) is 5.14. The largest absolute Gasteiger partial charge is 0.387 e. The molecule has 1 aliphatic carbocycles. The van der Waals surface area contributed by atoms with Crippen molar-refractivity contribution >= 4 is 11.8 Å². The maximum absolute atomic E-state index is 12.1. The second-order valence-corrected chi connectivity index (χ2v) is 7.21. The summed E-state index contributed by atoms with van der Waals surface area (Å²) in [6.45, 7) is 2.56. The smallest absolute Gasteiger partial charge is 0.320 e. The highest BCUT2D eigenvalue weighted by molar-refractivity contribution is 5.88. The van der Waals surface area contributed by atoms with Gasteiger partial charge in [-0.3, -0.25) is 5.32 Å². The summed E-state index contributed by atoms with van der Waals surface area (Å²) < 4.78 is 1.88. The number of nitrogens with zero attached hydrogens (tertiary/aromatic N) is 2. The van der Waals surface area contributed by atoms with Crippen molar-refractivity contribution in [3.8, 4) is 0 Å². The number of nitrogens with one attached hydrogen (secondary N) is 3. The van der Waals surface area contributed by atoms with Crippen LogP contribution >= 0.6 is 0 Å². The van der Waals surface area contributed by atoms with Crippen LogP contribution in [0.1, 0.15) is 44.9 Å². The van der Waals surface area contributed by atoms with E-state index in [0.717, 1.165) is 19.5 Å². The molecule has 1 aromatic heterocycles. The number of aliphatic hydroxyl groups is 1. The standard InChI is InChI=1S/C17H29N5O2/c23-16(19-13-17(24)8-4-9-18-12-17)21-15-7-10-20-22(15)11-14-5-2-1-3-6-14/h7,10,14,18,24H,1-6,8-9,11-13H2,(H2,19,21,23)/t17-/m0/s1. The summed E-state index contributed by atoms with van der Waals surface area (Å²) in [4.78, 5) is 12.1. The van der Waals surface area contributed by atoms with Gasteiger partial charge in [0.2, 0.25) is 0 Å². The lowest BCUT2D eigenvalue weighted by Gasteiger charge is -2.32. The SMILES string of the molecule is O=C(NC[C@]1(O)CCCNC1)Nc1ccnn1CC1CCCCC1. The Morgan fingerprint density at radius 3 is 2.96 bits per heavy atom. The lowest BCUT2D eigenvalue weighted by molar-refractivity contribution is 0.0198. The Bertz CT molecular complexity index is 533. The molecule has 3 rings (SSSR count). The van der Waals surface area contributed by atoms with Gasteiger partial charge in [-0.25, -0.2) is 9.48 Å².